The molecule has 1 aromatic heterocycles. The molecule has 1 aromatic rings. The van der Waals surface area contributed by atoms with E-state index < -0.39 is 15.3 Å². The molecular formula is C12H22N4O2S. The number of nitrogens with zero attached hydrogens (tertiary/aromatic N) is 2. The van der Waals surface area contributed by atoms with Gasteiger partial charge in [0, 0.05) is 12.7 Å². The minimum Gasteiger partial charge on any atom is -0.315 e. The average molecular weight is 286 g/mol. The third-order valence-electron chi connectivity index (χ3n) is 2.68. The van der Waals surface area contributed by atoms with Gasteiger partial charge in [0.15, 0.2) is 0 Å². The van der Waals surface area contributed by atoms with Crippen molar-refractivity contribution in [3.05, 3.63) is 23.8 Å². The molecule has 0 spiro atoms. The summed E-state index contributed by atoms with van der Waals surface area (Å²) in [6, 6.07) is 0. The summed E-state index contributed by atoms with van der Waals surface area (Å²) in [5, 5.41) is 2.62. The molecule has 7 heteroatoms. The molecule has 2 N–H and O–H groups in total. The van der Waals surface area contributed by atoms with E-state index in [1.54, 1.807) is 19.3 Å². The molecule has 0 aromatic carbocycles. The largest absolute Gasteiger partial charge is 0.315 e. The van der Waals surface area contributed by atoms with Crippen molar-refractivity contribution >= 4 is 10.0 Å². The molecule has 0 aliphatic carbocycles. The summed E-state index contributed by atoms with van der Waals surface area (Å²) in [6.07, 6.45) is 4.19. The normalized spacial score (nSPS) is 13.4. The molecule has 0 bridgehead atoms. The third-order valence-corrected chi connectivity index (χ3v) is 4.45. The number of aryl methyl sites for hydroxylation is 1. The van der Waals surface area contributed by atoms with Crippen molar-refractivity contribution in [1.29, 1.82) is 0 Å². The molecule has 6 nitrogen and oxygen atoms in total. The van der Waals surface area contributed by atoms with Gasteiger partial charge in [0.1, 0.15) is 0 Å². The number of aromatic nitrogens is 2. The van der Waals surface area contributed by atoms with Crippen LogP contribution >= 0.6 is 0 Å². The highest BCUT2D eigenvalue weighted by Crippen LogP contribution is 2.00. The molecule has 19 heavy (non-hydrogen) atoms. The first-order valence-electron chi connectivity index (χ1n) is 6.42. The van der Waals surface area contributed by atoms with Gasteiger partial charge in [-0.25, -0.2) is 13.1 Å². The van der Waals surface area contributed by atoms with E-state index in [2.05, 4.69) is 20.0 Å². The first-order chi connectivity index (χ1) is 8.95. The zero-order valence-electron chi connectivity index (χ0n) is 11.7. The Kier molecular flexibility index (Phi) is 6.33. The van der Waals surface area contributed by atoms with Crippen LogP contribution in [0.5, 0.6) is 0 Å². The summed E-state index contributed by atoms with van der Waals surface area (Å²) in [6.45, 7) is 7.01. The third kappa shape index (κ3) is 5.63. The minimum absolute atomic E-state index is 0.174. The molecule has 1 atom stereocenters. The van der Waals surface area contributed by atoms with Gasteiger partial charge in [-0.2, -0.15) is 0 Å². The van der Waals surface area contributed by atoms with Crippen LogP contribution in [0.3, 0.4) is 0 Å². The topological polar surface area (TPSA) is 84.0 Å². The molecule has 0 saturated heterocycles. The summed E-state index contributed by atoms with van der Waals surface area (Å²) >= 11 is 0. The Balaban J connectivity index is 2.47. The Labute approximate surface area is 115 Å². The van der Waals surface area contributed by atoms with E-state index in [-0.39, 0.29) is 6.54 Å². The molecular weight excluding hydrogens is 264 g/mol. The predicted octanol–water partition coefficient (Wildman–Crippen LogP) is 0.593. The van der Waals surface area contributed by atoms with Crippen molar-refractivity contribution in [2.75, 3.05) is 13.1 Å². The fourth-order valence-corrected chi connectivity index (χ4v) is 2.39. The van der Waals surface area contributed by atoms with Crippen LogP contribution in [0, 0.1) is 6.92 Å². The van der Waals surface area contributed by atoms with Crippen molar-refractivity contribution in [3.8, 4) is 0 Å². The van der Waals surface area contributed by atoms with E-state index in [9.17, 15) is 8.42 Å². The smallest absolute Gasteiger partial charge is 0.215 e. The van der Waals surface area contributed by atoms with Gasteiger partial charge in [0.2, 0.25) is 10.0 Å². The van der Waals surface area contributed by atoms with Gasteiger partial charge in [0.05, 0.1) is 29.4 Å². The van der Waals surface area contributed by atoms with Gasteiger partial charge in [-0.15, -0.1) is 0 Å². The van der Waals surface area contributed by atoms with E-state index >= 15 is 0 Å². The highest BCUT2D eigenvalue weighted by atomic mass is 32.2. The molecule has 1 unspecified atom stereocenters. The second-order valence-corrected chi connectivity index (χ2v) is 6.71. The second kappa shape index (κ2) is 7.52. The van der Waals surface area contributed by atoms with E-state index in [0.717, 1.165) is 18.7 Å². The van der Waals surface area contributed by atoms with Crippen LogP contribution in [-0.4, -0.2) is 36.7 Å². The maximum absolute atomic E-state index is 12.0. The summed E-state index contributed by atoms with van der Waals surface area (Å²) in [5.74, 6) is 0. The Morgan fingerprint density at radius 3 is 2.63 bits per heavy atom. The number of rotatable bonds is 8. The zero-order chi connectivity index (χ0) is 14.3. The second-order valence-electron chi connectivity index (χ2n) is 4.53. The molecule has 1 rings (SSSR count). The van der Waals surface area contributed by atoms with E-state index in [1.165, 1.54) is 0 Å². The first kappa shape index (κ1) is 16.0. The summed E-state index contributed by atoms with van der Waals surface area (Å²) in [4.78, 5) is 8.19. The van der Waals surface area contributed by atoms with Crippen LogP contribution in [0.2, 0.25) is 0 Å². The molecule has 0 radical (unpaired) electrons. The van der Waals surface area contributed by atoms with Gasteiger partial charge < -0.3 is 5.32 Å². The summed E-state index contributed by atoms with van der Waals surface area (Å²) in [7, 11) is -3.33. The van der Waals surface area contributed by atoms with E-state index in [4.69, 9.17) is 0 Å². The SMILES string of the molecule is CCCNCC(C)S(=O)(=O)NCc1cnc(C)cn1. The van der Waals surface area contributed by atoms with Crippen molar-refractivity contribution in [2.24, 2.45) is 0 Å². The summed E-state index contributed by atoms with van der Waals surface area (Å²) < 4.78 is 26.5. The van der Waals surface area contributed by atoms with Crippen molar-refractivity contribution in [2.45, 2.75) is 39.0 Å². The summed E-state index contributed by atoms with van der Waals surface area (Å²) in [5.41, 5.74) is 1.42. The molecule has 0 amide bonds. The van der Waals surface area contributed by atoms with Gasteiger partial charge in [-0.1, -0.05) is 6.92 Å². The first-order valence-corrected chi connectivity index (χ1v) is 7.97. The number of hydrogen-bond acceptors (Lipinski definition) is 5. The van der Waals surface area contributed by atoms with Crippen LogP contribution in [0.1, 0.15) is 31.7 Å². The average Bonchev–Trinajstić information content (AvgIpc) is 2.38. The van der Waals surface area contributed by atoms with Crippen molar-refractivity contribution in [1.82, 2.24) is 20.0 Å². The van der Waals surface area contributed by atoms with Crippen LogP contribution in [0.25, 0.3) is 0 Å². The van der Waals surface area contributed by atoms with Crippen LogP contribution in [-0.2, 0) is 16.6 Å². The molecule has 0 aliphatic rings. The van der Waals surface area contributed by atoms with Crippen LogP contribution in [0.15, 0.2) is 12.4 Å². The monoisotopic (exact) mass is 286 g/mol. The van der Waals surface area contributed by atoms with Crippen molar-refractivity contribution in [3.63, 3.8) is 0 Å². The van der Waals surface area contributed by atoms with Gasteiger partial charge in [-0.05, 0) is 26.8 Å². The number of sulfonamides is 1. The van der Waals surface area contributed by atoms with Gasteiger partial charge in [-0.3, -0.25) is 9.97 Å². The fraction of sp³-hybridized carbons (Fsp3) is 0.667. The molecule has 108 valence electrons. The standard InChI is InChI=1S/C12H22N4O2S/c1-4-5-13-7-11(3)19(17,18)16-9-12-8-14-10(2)6-15-12/h6,8,11,13,16H,4-5,7,9H2,1-3H3. The Morgan fingerprint density at radius 1 is 1.32 bits per heavy atom. The minimum atomic E-state index is -3.33. The Morgan fingerprint density at radius 2 is 2.05 bits per heavy atom. The predicted molar refractivity (Wildman–Crippen MR) is 75.2 cm³/mol. The molecule has 0 saturated carbocycles. The molecule has 1 heterocycles. The lowest BCUT2D eigenvalue weighted by molar-refractivity contribution is 0.556. The number of nitrogens with one attached hydrogen (secondary N) is 2. The molecule has 0 fully saturated rings. The lowest BCUT2D eigenvalue weighted by atomic mass is 10.4. The zero-order valence-corrected chi connectivity index (χ0v) is 12.5. The maximum Gasteiger partial charge on any atom is 0.215 e. The number of hydrogen-bond donors (Lipinski definition) is 2. The Bertz CT molecular complexity index is 473. The highest BCUT2D eigenvalue weighted by molar-refractivity contribution is 7.90. The van der Waals surface area contributed by atoms with Gasteiger partial charge >= 0.3 is 0 Å². The fourth-order valence-electron chi connectivity index (χ4n) is 1.42. The lowest BCUT2D eigenvalue weighted by Crippen LogP contribution is -2.39. The van der Waals surface area contributed by atoms with E-state index in [0.29, 0.717) is 12.2 Å². The quantitative estimate of drug-likeness (QED) is 0.683. The van der Waals surface area contributed by atoms with Crippen LogP contribution < -0.4 is 10.0 Å². The van der Waals surface area contributed by atoms with E-state index in [1.807, 2.05) is 13.8 Å². The van der Waals surface area contributed by atoms with Crippen molar-refractivity contribution < 1.29 is 8.42 Å². The van der Waals surface area contributed by atoms with Crippen LogP contribution in [0.4, 0.5) is 0 Å². The molecule has 0 aliphatic heterocycles. The lowest BCUT2D eigenvalue weighted by Gasteiger charge is -2.14. The maximum atomic E-state index is 12.0. The highest BCUT2D eigenvalue weighted by Gasteiger charge is 2.19. The Hall–Kier alpha value is -1.05. The van der Waals surface area contributed by atoms with Gasteiger partial charge in [0.25, 0.3) is 0 Å².